The Morgan fingerprint density at radius 3 is 2.33 bits per heavy atom. The number of carbonyl (C=O) groups excluding carboxylic acids is 1. The lowest BCUT2D eigenvalue weighted by atomic mass is 10.0. The van der Waals surface area contributed by atoms with Crippen molar-refractivity contribution in [1.82, 2.24) is 4.31 Å². The standard InChI is InChI=1S/C13H12F3NO6S/c14-13(15,16)23-9-1-3-10(4-2-9)24(21,22)17-6-5-8(18)7-11(17)12(19)20/h1-4,11H,5-7H2,(H,19,20)/t11-/m1/s1. The van der Waals surface area contributed by atoms with Gasteiger partial charge >= 0.3 is 12.3 Å². The van der Waals surface area contributed by atoms with Gasteiger partial charge in [-0.2, -0.15) is 4.31 Å². The van der Waals surface area contributed by atoms with E-state index in [1.807, 2.05) is 0 Å². The first-order valence-corrected chi connectivity index (χ1v) is 8.07. The highest BCUT2D eigenvalue weighted by Crippen LogP contribution is 2.27. The van der Waals surface area contributed by atoms with Gasteiger partial charge in [0.2, 0.25) is 10.0 Å². The van der Waals surface area contributed by atoms with Gasteiger partial charge in [0, 0.05) is 19.4 Å². The number of carboxylic acid groups (broad SMARTS) is 1. The van der Waals surface area contributed by atoms with Crippen LogP contribution >= 0.6 is 0 Å². The van der Waals surface area contributed by atoms with Crippen molar-refractivity contribution in [2.45, 2.75) is 30.1 Å². The molecule has 0 amide bonds. The van der Waals surface area contributed by atoms with E-state index in [0.29, 0.717) is 4.31 Å². The van der Waals surface area contributed by atoms with Crippen LogP contribution in [0.5, 0.6) is 5.75 Å². The van der Waals surface area contributed by atoms with Crippen molar-refractivity contribution >= 4 is 21.8 Å². The molecule has 1 aliphatic heterocycles. The Morgan fingerprint density at radius 2 is 1.83 bits per heavy atom. The summed E-state index contributed by atoms with van der Waals surface area (Å²) in [7, 11) is -4.28. The van der Waals surface area contributed by atoms with Crippen molar-refractivity contribution in [3.05, 3.63) is 24.3 Å². The molecule has 0 saturated carbocycles. The summed E-state index contributed by atoms with van der Waals surface area (Å²) < 4.78 is 65.6. The molecule has 132 valence electrons. The third kappa shape index (κ3) is 4.03. The first kappa shape index (κ1) is 18.2. The van der Waals surface area contributed by atoms with E-state index in [2.05, 4.69) is 4.74 Å². The van der Waals surface area contributed by atoms with E-state index in [1.54, 1.807) is 0 Å². The summed E-state index contributed by atoms with van der Waals surface area (Å²) in [5.41, 5.74) is 0. The first-order valence-electron chi connectivity index (χ1n) is 6.63. The largest absolute Gasteiger partial charge is 0.573 e. The topological polar surface area (TPSA) is 101 Å². The van der Waals surface area contributed by atoms with Crippen molar-refractivity contribution in [2.75, 3.05) is 6.54 Å². The van der Waals surface area contributed by atoms with Gasteiger partial charge in [0.05, 0.1) is 4.90 Å². The molecule has 1 aromatic carbocycles. The zero-order valence-electron chi connectivity index (χ0n) is 12.0. The van der Waals surface area contributed by atoms with Crippen LogP contribution in [-0.4, -0.2) is 48.5 Å². The van der Waals surface area contributed by atoms with Crippen LogP contribution in [0.2, 0.25) is 0 Å². The number of rotatable bonds is 4. The Morgan fingerprint density at radius 1 is 1.25 bits per heavy atom. The highest BCUT2D eigenvalue weighted by Gasteiger charge is 2.40. The fourth-order valence-corrected chi connectivity index (χ4v) is 3.84. The number of alkyl halides is 3. The second-order valence-corrected chi connectivity index (χ2v) is 6.87. The van der Waals surface area contributed by atoms with Crippen LogP contribution in [0.4, 0.5) is 13.2 Å². The number of ether oxygens (including phenoxy) is 1. The minimum atomic E-state index is -4.91. The number of sulfonamides is 1. The third-order valence-electron chi connectivity index (χ3n) is 3.33. The molecule has 0 aliphatic carbocycles. The molecule has 0 spiro atoms. The Bertz CT molecular complexity index is 744. The lowest BCUT2D eigenvalue weighted by molar-refractivity contribution is -0.274. The molecule has 1 aliphatic rings. The lowest BCUT2D eigenvalue weighted by Gasteiger charge is -2.31. The van der Waals surface area contributed by atoms with Crippen LogP contribution in [0, 0.1) is 0 Å². The molecule has 0 aromatic heterocycles. The third-order valence-corrected chi connectivity index (χ3v) is 5.25. The van der Waals surface area contributed by atoms with Gasteiger partial charge in [-0.05, 0) is 24.3 Å². The van der Waals surface area contributed by atoms with Gasteiger partial charge in [0.15, 0.2) is 0 Å². The minimum Gasteiger partial charge on any atom is -0.480 e. The number of piperidine rings is 1. The van der Waals surface area contributed by atoms with Crippen LogP contribution in [0.15, 0.2) is 29.2 Å². The van der Waals surface area contributed by atoms with Crippen LogP contribution in [0.3, 0.4) is 0 Å². The summed E-state index contributed by atoms with van der Waals surface area (Å²) in [4.78, 5) is 22.2. The smallest absolute Gasteiger partial charge is 0.480 e. The Labute approximate surface area is 134 Å². The Hall–Kier alpha value is -2.14. The number of nitrogens with zero attached hydrogens (tertiary/aromatic N) is 1. The molecule has 1 aromatic rings. The van der Waals surface area contributed by atoms with E-state index in [4.69, 9.17) is 5.11 Å². The molecule has 1 fully saturated rings. The molecule has 0 bridgehead atoms. The number of halogens is 3. The maximum atomic E-state index is 12.5. The number of ketones is 1. The molecule has 1 N–H and O–H groups in total. The number of hydrogen-bond acceptors (Lipinski definition) is 5. The van der Waals surface area contributed by atoms with E-state index >= 15 is 0 Å². The van der Waals surface area contributed by atoms with Crippen molar-refractivity contribution < 1.29 is 41.0 Å². The Kier molecular flexibility index (Phi) is 4.85. The fourth-order valence-electron chi connectivity index (χ4n) is 2.26. The normalized spacial score (nSPS) is 20.0. The molecule has 1 heterocycles. The van der Waals surface area contributed by atoms with Gasteiger partial charge in [-0.25, -0.2) is 8.42 Å². The van der Waals surface area contributed by atoms with Crippen molar-refractivity contribution in [3.63, 3.8) is 0 Å². The van der Waals surface area contributed by atoms with E-state index in [9.17, 15) is 31.2 Å². The first-order chi connectivity index (χ1) is 11.0. The van der Waals surface area contributed by atoms with E-state index < -0.39 is 45.5 Å². The summed E-state index contributed by atoms with van der Waals surface area (Å²) in [6.07, 6.45) is -5.50. The quantitative estimate of drug-likeness (QED) is 0.863. The second kappa shape index (κ2) is 6.40. The van der Waals surface area contributed by atoms with E-state index in [1.165, 1.54) is 0 Å². The molecule has 2 rings (SSSR count). The predicted octanol–water partition coefficient (Wildman–Crippen LogP) is 1.39. The highest BCUT2D eigenvalue weighted by atomic mass is 32.2. The molecule has 7 nitrogen and oxygen atoms in total. The number of Topliss-reactive ketones (excluding diaryl/α,β-unsaturated/α-hetero) is 1. The van der Waals surface area contributed by atoms with Crippen LogP contribution in [0.1, 0.15) is 12.8 Å². The monoisotopic (exact) mass is 367 g/mol. The number of carbonyl (C=O) groups is 2. The zero-order chi connectivity index (χ0) is 18.1. The predicted molar refractivity (Wildman–Crippen MR) is 72.7 cm³/mol. The highest BCUT2D eigenvalue weighted by molar-refractivity contribution is 7.89. The van der Waals surface area contributed by atoms with Crippen molar-refractivity contribution in [3.8, 4) is 5.75 Å². The van der Waals surface area contributed by atoms with Gasteiger partial charge in [-0.3, -0.25) is 9.59 Å². The second-order valence-electron chi connectivity index (χ2n) is 4.98. The number of carboxylic acids is 1. The summed E-state index contributed by atoms with van der Waals surface area (Å²) in [6, 6.07) is 1.84. The molecule has 0 radical (unpaired) electrons. The van der Waals surface area contributed by atoms with E-state index in [-0.39, 0.29) is 18.7 Å². The summed E-state index contributed by atoms with van der Waals surface area (Å²) in [5, 5.41) is 9.11. The molecule has 1 atom stereocenters. The lowest BCUT2D eigenvalue weighted by Crippen LogP contribution is -2.50. The molecule has 24 heavy (non-hydrogen) atoms. The molecular weight excluding hydrogens is 355 g/mol. The average molecular weight is 367 g/mol. The zero-order valence-corrected chi connectivity index (χ0v) is 12.8. The van der Waals surface area contributed by atoms with Crippen molar-refractivity contribution in [1.29, 1.82) is 0 Å². The molecule has 0 unspecified atom stereocenters. The minimum absolute atomic E-state index is 0.127. The number of hydrogen-bond donors (Lipinski definition) is 1. The van der Waals surface area contributed by atoms with Crippen LogP contribution < -0.4 is 4.74 Å². The maximum Gasteiger partial charge on any atom is 0.573 e. The number of benzene rings is 1. The van der Waals surface area contributed by atoms with Gasteiger partial charge in [-0.15, -0.1) is 13.2 Å². The van der Waals surface area contributed by atoms with Crippen molar-refractivity contribution in [2.24, 2.45) is 0 Å². The number of aliphatic carboxylic acids is 1. The van der Waals surface area contributed by atoms with Crippen LogP contribution in [0.25, 0.3) is 0 Å². The fraction of sp³-hybridized carbons (Fsp3) is 0.385. The summed E-state index contributed by atoms with van der Waals surface area (Å²) >= 11 is 0. The van der Waals surface area contributed by atoms with Gasteiger partial charge in [0.1, 0.15) is 17.6 Å². The van der Waals surface area contributed by atoms with E-state index in [0.717, 1.165) is 24.3 Å². The molecular formula is C13H12F3NO6S. The van der Waals surface area contributed by atoms with Gasteiger partial charge in [0.25, 0.3) is 0 Å². The van der Waals surface area contributed by atoms with Gasteiger partial charge < -0.3 is 9.84 Å². The average Bonchev–Trinajstić information content (AvgIpc) is 2.45. The Balaban J connectivity index is 2.29. The summed E-state index contributed by atoms with van der Waals surface area (Å²) in [6.45, 7) is -0.307. The van der Waals surface area contributed by atoms with Gasteiger partial charge in [-0.1, -0.05) is 0 Å². The summed E-state index contributed by atoms with van der Waals surface area (Å²) in [5.74, 6) is -2.45. The molecule has 1 saturated heterocycles. The molecule has 11 heteroatoms. The van der Waals surface area contributed by atoms with Crippen LogP contribution in [-0.2, 0) is 19.6 Å². The SMILES string of the molecule is O=C1CCN(S(=O)(=O)c2ccc(OC(F)(F)F)cc2)[C@@H](C(=O)O)C1. The maximum absolute atomic E-state index is 12.5.